The molecule has 102 valence electrons. The van der Waals surface area contributed by atoms with Crippen molar-refractivity contribution in [3.8, 4) is 0 Å². The van der Waals surface area contributed by atoms with Crippen molar-refractivity contribution in [2.45, 2.75) is 40.0 Å². The van der Waals surface area contributed by atoms with Crippen LogP contribution in [0, 0.1) is 5.92 Å². The number of hydrogen-bond donors (Lipinski definition) is 1. The van der Waals surface area contributed by atoms with Gasteiger partial charge in [0.2, 0.25) is 0 Å². The van der Waals surface area contributed by atoms with Gasteiger partial charge in [-0.3, -0.25) is 0 Å². The van der Waals surface area contributed by atoms with E-state index in [1.165, 1.54) is 11.3 Å². The Kier molecular flexibility index (Phi) is 6.81. The third kappa shape index (κ3) is 6.06. The third-order valence-corrected chi connectivity index (χ3v) is 2.97. The second-order valence-corrected chi connectivity index (χ2v) is 5.50. The molecule has 0 unspecified atom stereocenters. The molecule has 0 fully saturated rings. The standard InChI is InChI=1S/C16H27NO/c1-13(2)8-10-18-11-9-17-16-7-5-6-15(12-16)14(3)4/h5-7,12-14,17H,8-11H2,1-4H3. The summed E-state index contributed by atoms with van der Waals surface area (Å²) in [5.41, 5.74) is 2.56. The zero-order valence-corrected chi connectivity index (χ0v) is 12.2. The topological polar surface area (TPSA) is 21.3 Å². The molecule has 2 nitrogen and oxygen atoms in total. The van der Waals surface area contributed by atoms with Gasteiger partial charge in [-0.2, -0.15) is 0 Å². The van der Waals surface area contributed by atoms with Crippen LogP contribution in [0.3, 0.4) is 0 Å². The molecule has 0 aliphatic heterocycles. The van der Waals surface area contributed by atoms with E-state index < -0.39 is 0 Å². The summed E-state index contributed by atoms with van der Waals surface area (Å²) in [5, 5.41) is 3.40. The smallest absolute Gasteiger partial charge is 0.0639 e. The number of benzene rings is 1. The molecular weight excluding hydrogens is 222 g/mol. The summed E-state index contributed by atoms with van der Waals surface area (Å²) >= 11 is 0. The van der Waals surface area contributed by atoms with Crippen LogP contribution in [0.5, 0.6) is 0 Å². The molecule has 1 aromatic rings. The van der Waals surface area contributed by atoms with Gasteiger partial charge in [-0.15, -0.1) is 0 Å². The van der Waals surface area contributed by atoms with Crippen LogP contribution in [0.15, 0.2) is 24.3 Å². The zero-order valence-electron chi connectivity index (χ0n) is 12.2. The Bertz CT molecular complexity index is 334. The van der Waals surface area contributed by atoms with Gasteiger partial charge in [-0.25, -0.2) is 0 Å². The first-order chi connectivity index (χ1) is 8.59. The van der Waals surface area contributed by atoms with E-state index in [1.807, 2.05) is 0 Å². The van der Waals surface area contributed by atoms with Gasteiger partial charge in [0.05, 0.1) is 6.61 Å². The van der Waals surface area contributed by atoms with Crippen molar-refractivity contribution in [3.05, 3.63) is 29.8 Å². The molecule has 0 amide bonds. The molecule has 0 saturated heterocycles. The highest BCUT2D eigenvalue weighted by molar-refractivity contribution is 5.46. The van der Waals surface area contributed by atoms with Crippen LogP contribution in [0.1, 0.15) is 45.6 Å². The van der Waals surface area contributed by atoms with Gasteiger partial charge in [0.1, 0.15) is 0 Å². The summed E-state index contributed by atoms with van der Waals surface area (Å²) in [5.74, 6) is 1.30. The van der Waals surface area contributed by atoms with E-state index in [2.05, 4.69) is 57.3 Å². The lowest BCUT2D eigenvalue weighted by molar-refractivity contribution is 0.132. The van der Waals surface area contributed by atoms with E-state index in [9.17, 15) is 0 Å². The van der Waals surface area contributed by atoms with Crippen LogP contribution in [0.4, 0.5) is 5.69 Å². The fourth-order valence-corrected chi connectivity index (χ4v) is 1.70. The van der Waals surface area contributed by atoms with Gasteiger partial charge >= 0.3 is 0 Å². The summed E-state index contributed by atoms with van der Waals surface area (Å²) < 4.78 is 5.58. The number of nitrogens with one attached hydrogen (secondary N) is 1. The summed E-state index contributed by atoms with van der Waals surface area (Å²) in [7, 11) is 0. The van der Waals surface area contributed by atoms with E-state index in [0.717, 1.165) is 32.1 Å². The molecule has 1 N–H and O–H groups in total. The molecule has 0 radical (unpaired) electrons. The third-order valence-electron chi connectivity index (χ3n) is 2.97. The summed E-state index contributed by atoms with van der Waals surface area (Å²) in [6.07, 6.45) is 1.14. The van der Waals surface area contributed by atoms with Crippen LogP contribution in [-0.2, 0) is 4.74 Å². The van der Waals surface area contributed by atoms with E-state index in [1.54, 1.807) is 0 Å². The number of ether oxygens (including phenoxy) is 1. The minimum atomic E-state index is 0.578. The number of hydrogen-bond acceptors (Lipinski definition) is 2. The molecule has 0 heterocycles. The Balaban J connectivity index is 2.21. The molecule has 2 heteroatoms. The van der Waals surface area contributed by atoms with Crippen molar-refractivity contribution in [2.75, 3.05) is 25.1 Å². The van der Waals surface area contributed by atoms with E-state index >= 15 is 0 Å². The Labute approximate surface area is 112 Å². The van der Waals surface area contributed by atoms with Crippen molar-refractivity contribution in [1.29, 1.82) is 0 Å². The molecule has 1 rings (SSSR count). The Morgan fingerprint density at radius 2 is 1.89 bits per heavy atom. The molecule has 1 aromatic carbocycles. The fraction of sp³-hybridized carbons (Fsp3) is 0.625. The predicted molar refractivity (Wildman–Crippen MR) is 79.3 cm³/mol. The first-order valence-corrected chi connectivity index (χ1v) is 7.01. The highest BCUT2D eigenvalue weighted by Crippen LogP contribution is 2.18. The van der Waals surface area contributed by atoms with Crippen molar-refractivity contribution in [3.63, 3.8) is 0 Å². The molecule has 0 bridgehead atoms. The van der Waals surface area contributed by atoms with Gasteiger partial charge < -0.3 is 10.1 Å². The second kappa shape index (κ2) is 8.15. The summed E-state index contributed by atoms with van der Waals surface area (Å²) in [6.45, 7) is 11.4. The molecule has 0 aliphatic rings. The highest BCUT2D eigenvalue weighted by Gasteiger charge is 1.99. The first-order valence-electron chi connectivity index (χ1n) is 7.01. The van der Waals surface area contributed by atoms with E-state index in [4.69, 9.17) is 4.74 Å². The van der Waals surface area contributed by atoms with Crippen molar-refractivity contribution < 1.29 is 4.74 Å². The van der Waals surface area contributed by atoms with Crippen LogP contribution < -0.4 is 5.32 Å². The van der Waals surface area contributed by atoms with Gasteiger partial charge in [0.15, 0.2) is 0 Å². The maximum absolute atomic E-state index is 5.58. The number of rotatable bonds is 8. The van der Waals surface area contributed by atoms with Gasteiger partial charge in [-0.1, -0.05) is 39.8 Å². The maximum atomic E-state index is 5.58. The normalized spacial score (nSPS) is 11.2. The van der Waals surface area contributed by atoms with Gasteiger partial charge in [0.25, 0.3) is 0 Å². The van der Waals surface area contributed by atoms with Gasteiger partial charge in [-0.05, 0) is 36.0 Å². The number of anilines is 1. The molecule has 0 aliphatic carbocycles. The quantitative estimate of drug-likeness (QED) is 0.694. The Hall–Kier alpha value is -1.02. The van der Waals surface area contributed by atoms with Crippen LogP contribution in [0.25, 0.3) is 0 Å². The second-order valence-electron chi connectivity index (χ2n) is 5.50. The van der Waals surface area contributed by atoms with Crippen LogP contribution in [0.2, 0.25) is 0 Å². The zero-order chi connectivity index (χ0) is 13.4. The van der Waals surface area contributed by atoms with Crippen LogP contribution >= 0.6 is 0 Å². The molecule has 0 spiro atoms. The molecule has 0 aromatic heterocycles. The highest BCUT2D eigenvalue weighted by atomic mass is 16.5. The Morgan fingerprint density at radius 1 is 1.11 bits per heavy atom. The lowest BCUT2D eigenvalue weighted by atomic mass is 10.0. The van der Waals surface area contributed by atoms with Crippen molar-refractivity contribution >= 4 is 5.69 Å². The minimum Gasteiger partial charge on any atom is -0.383 e. The summed E-state index contributed by atoms with van der Waals surface area (Å²) in [4.78, 5) is 0. The average molecular weight is 249 g/mol. The lowest BCUT2D eigenvalue weighted by Gasteiger charge is -2.11. The molecule has 0 atom stereocenters. The van der Waals surface area contributed by atoms with Crippen LogP contribution in [-0.4, -0.2) is 19.8 Å². The maximum Gasteiger partial charge on any atom is 0.0639 e. The lowest BCUT2D eigenvalue weighted by Crippen LogP contribution is -2.11. The molecule has 0 saturated carbocycles. The average Bonchev–Trinajstić information content (AvgIpc) is 2.33. The largest absolute Gasteiger partial charge is 0.383 e. The van der Waals surface area contributed by atoms with E-state index in [0.29, 0.717) is 5.92 Å². The van der Waals surface area contributed by atoms with E-state index in [-0.39, 0.29) is 0 Å². The predicted octanol–water partition coefficient (Wildman–Crippen LogP) is 4.28. The molecular formula is C16H27NO. The Morgan fingerprint density at radius 3 is 2.56 bits per heavy atom. The van der Waals surface area contributed by atoms with Gasteiger partial charge in [0, 0.05) is 18.8 Å². The monoisotopic (exact) mass is 249 g/mol. The first kappa shape index (κ1) is 15.0. The molecule has 18 heavy (non-hydrogen) atoms. The SMILES string of the molecule is CC(C)CCOCCNc1cccc(C(C)C)c1. The van der Waals surface area contributed by atoms with Crippen molar-refractivity contribution in [1.82, 2.24) is 0 Å². The minimum absolute atomic E-state index is 0.578. The fourth-order valence-electron chi connectivity index (χ4n) is 1.70. The van der Waals surface area contributed by atoms with Crippen molar-refractivity contribution in [2.24, 2.45) is 5.92 Å². The summed E-state index contributed by atoms with van der Waals surface area (Å²) in [6, 6.07) is 8.62.